The van der Waals surface area contributed by atoms with Crippen molar-refractivity contribution in [3.63, 3.8) is 0 Å². The van der Waals surface area contributed by atoms with Gasteiger partial charge in [0, 0.05) is 4.47 Å². The van der Waals surface area contributed by atoms with Gasteiger partial charge in [0.05, 0.1) is 12.7 Å². The van der Waals surface area contributed by atoms with Gasteiger partial charge in [-0.25, -0.2) is 9.79 Å². The van der Waals surface area contributed by atoms with E-state index >= 15 is 0 Å². The first-order chi connectivity index (χ1) is 11.1. The van der Waals surface area contributed by atoms with Gasteiger partial charge in [0.2, 0.25) is 5.90 Å². The second-order valence-electron chi connectivity index (χ2n) is 4.75. The van der Waals surface area contributed by atoms with Crippen LogP contribution in [0.3, 0.4) is 0 Å². The van der Waals surface area contributed by atoms with Gasteiger partial charge in [-0.3, -0.25) is 0 Å². The molecule has 0 radical (unpaired) electrons. The maximum Gasteiger partial charge on any atom is 0.363 e. The second-order valence-corrected chi connectivity index (χ2v) is 5.60. The van der Waals surface area contributed by atoms with Crippen LogP contribution < -0.4 is 4.74 Å². The first-order valence-corrected chi connectivity index (χ1v) is 7.52. The number of ether oxygens (including phenoxy) is 2. The molecule has 1 heterocycles. The summed E-state index contributed by atoms with van der Waals surface area (Å²) in [6.45, 7) is 0. The highest BCUT2D eigenvalue weighted by atomic mass is 79.9. The van der Waals surface area contributed by atoms with Crippen LogP contribution in [0, 0.1) is 0 Å². The number of esters is 1. The van der Waals surface area contributed by atoms with Gasteiger partial charge >= 0.3 is 5.97 Å². The van der Waals surface area contributed by atoms with E-state index in [1.54, 1.807) is 18.2 Å². The minimum absolute atomic E-state index is 0.0288. The average molecular weight is 374 g/mol. The van der Waals surface area contributed by atoms with Gasteiger partial charge in [0.1, 0.15) is 0 Å². The number of aliphatic imine (C=N–C) groups is 1. The molecule has 6 heteroatoms. The molecule has 1 aliphatic rings. The van der Waals surface area contributed by atoms with Crippen LogP contribution in [0.2, 0.25) is 0 Å². The Hall–Kier alpha value is -2.60. The number of methoxy groups -OCH3 is 1. The molecule has 23 heavy (non-hydrogen) atoms. The van der Waals surface area contributed by atoms with Crippen LogP contribution >= 0.6 is 15.9 Å². The Kier molecular flexibility index (Phi) is 4.16. The number of carbonyl (C=O) groups is 1. The van der Waals surface area contributed by atoms with Crippen LogP contribution in [0.4, 0.5) is 0 Å². The lowest BCUT2D eigenvalue weighted by molar-refractivity contribution is -0.129. The van der Waals surface area contributed by atoms with Crippen molar-refractivity contribution in [3.8, 4) is 11.5 Å². The Morgan fingerprint density at radius 2 is 2.04 bits per heavy atom. The fourth-order valence-electron chi connectivity index (χ4n) is 2.10. The molecule has 0 aliphatic carbocycles. The minimum Gasteiger partial charge on any atom is -0.504 e. The number of rotatable bonds is 3. The number of nitrogens with zero attached hydrogens (tertiary/aromatic N) is 1. The van der Waals surface area contributed by atoms with Crippen LogP contribution in [-0.2, 0) is 9.53 Å². The summed E-state index contributed by atoms with van der Waals surface area (Å²) < 4.78 is 11.1. The van der Waals surface area contributed by atoms with Crippen LogP contribution in [0.15, 0.2) is 57.6 Å². The molecule has 0 fully saturated rings. The number of carbonyl (C=O) groups excluding carboxylic acids is 1. The normalized spacial score (nSPS) is 15.5. The Morgan fingerprint density at radius 1 is 1.26 bits per heavy atom. The van der Waals surface area contributed by atoms with Crippen LogP contribution in [0.25, 0.3) is 6.08 Å². The van der Waals surface area contributed by atoms with E-state index in [0.717, 1.165) is 4.47 Å². The van der Waals surface area contributed by atoms with E-state index in [4.69, 9.17) is 9.47 Å². The summed E-state index contributed by atoms with van der Waals surface area (Å²) in [5, 5.41) is 9.60. The van der Waals surface area contributed by atoms with Crippen molar-refractivity contribution >= 4 is 33.9 Å². The Bertz CT molecular complexity index is 842. The molecule has 0 aromatic heterocycles. The monoisotopic (exact) mass is 373 g/mol. The van der Waals surface area contributed by atoms with Gasteiger partial charge in [0.15, 0.2) is 17.2 Å². The summed E-state index contributed by atoms with van der Waals surface area (Å²) in [4.78, 5) is 16.2. The number of phenolic OH excluding ortho intramolecular Hbond substituents is 1. The van der Waals surface area contributed by atoms with Gasteiger partial charge in [-0.05, 0) is 51.8 Å². The predicted octanol–water partition coefficient (Wildman–Crippen LogP) is 3.51. The highest BCUT2D eigenvalue weighted by molar-refractivity contribution is 9.10. The lowest BCUT2D eigenvalue weighted by Gasteiger charge is -2.03. The van der Waals surface area contributed by atoms with E-state index in [0.29, 0.717) is 16.9 Å². The lowest BCUT2D eigenvalue weighted by Crippen LogP contribution is -2.05. The maximum atomic E-state index is 12.0. The zero-order valence-electron chi connectivity index (χ0n) is 12.1. The number of benzene rings is 2. The standard InChI is InChI=1S/C17H12BrNO4/c1-22-15-9-10(6-7-14(15)20)8-13-17(21)23-16(19-13)11-4-2-3-5-12(11)18/h2-9,20H,1H3/b13-8+. The smallest absolute Gasteiger partial charge is 0.363 e. The molecule has 0 amide bonds. The van der Waals surface area contributed by atoms with E-state index < -0.39 is 5.97 Å². The van der Waals surface area contributed by atoms with E-state index in [1.807, 2.05) is 24.3 Å². The van der Waals surface area contributed by atoms with Crippen molar-refractivity contribution in [2.75, 3.05) is 7.11 Å². The molecule has 0 atom stereocenters. The zero-order valence-corrected chi connectivity index (χ0v) is 13.7. The first-order valence-electron chi connectivity index (χ1n) is 6.73. The summed E-state index contributed by atoms with van der Waals surface area (Å²) in [7, 11) is 1.46. The molecule has 1 aliphatic heterocycles. The summed E-state index contributed by atoms with van der Waals surface area (Å²) in [6, 6.07) is 12.1. The lowest BCUT2D eigenvalue weighted by atomic mass is 10.1. The molecule has 2 aromatic rings. The van der Waals surface area contributed by atoms with Crippen molar-refractivity contribution in [3.05, 3.63) is 63.8 Å². The SMILES string of the molecule is COc1cc(/C=C2/N=C(c3ccccc3Br)OC2=O)ccc1O. The molecule has 0 bridgehead atoms. The highest BCUT2D eigenvalue weighted by Crippen LogP contribution is 2.29. The summed E-state index contributed by atoms with van der Waals surface area (Å²) in [6.07, 6.45) is 1.58. The molecular weight excluding hydrogens is 362 g/mol. The number of halogens is 1. The molecule has 0 unspecified atom stereocenters. The third kappa shape index (κ3) is 3.12. The van der Waals surface area contributed by atoms with E-state index in [2.05, 4.69) is 20.9 Å². The molecular formula is C17H12BrNO4. The van der Waals surface area contributed by atoms with Crippen molar-refractivity contribution < 1.29 is 19.4 Å². The summed E-state index contributed by atoms with van der Waals surface area (Å²) in [5.74, 6) is 0.0732. The van der Waals surface area contributed by atoms with Crippen molar-refractivity contribution in [1.29, 1.82) is 0 Å². The average Bonchev–Trinajstić information content (AvgIpc) is 2.90. The first kappa shape index (κ1) is 15.3. The largest absolute Gasteiger partial charge is 0.504 e. The number of phenols is 1. The molecule has 0 saturated carbocycles. The maximum absolute atomic E-state index is 12.0. The van der Waals surface area contributed by atoms with Crippen molar-refractivity contribution in [2.24, 2.45) is 4.99 Å². The zero-order chi connectivity index (χ0) is 16.4. The van der Waals surface area contributed by atoms with E-state index in [1.165, 1.54) is 13.2 Å². The van der Waals surface area contributed by atoms with Crippen LogP contribution in [0.1, 0.15) is 11.1 Å². The topological polar surface area (TPSA) is 68.1 Å². The quantitative estimate of drug-likeness (QED) is 0.660. The van der Waals surface area contributed by atoms with Gasteiger partial charge < -0.3 is 14.6 Å². The molecule has 0 spiro atoms. The van der Waals surface area contributed by atoms with E-state index in [-0.39, 0.29) is 17.3 Å². The summed E-state index contributed by atoms with van der Waals surface area (Å²) >= 11 is 3.40. The number of hydrogen-bond acceptors (Lipinski definition) is 5. The molecule has 116 valence electrons. The number of hydrogen-bond donors (Lipinski definition) is 1. The van der Waals surface area contributed by atoms with Crippen molar-refractivity contribution in [1.82, 2.24) is 0 Å². The van der Waals surface area contributed by atoms with Gasteiger partial charge in [-0.15, -0.1) is 0 Å². The second kappa shape index (κ2) is 6.26. The number of aromatic hydroxyl groups is 1. The third-order valence-electron chi connectivity index (χ3n) is 3.23. The van der Waals surface area contributed by atoms with Gasteiger partial charge in [-0.1, -0.05) is 18.2 Å². The van der Waals surface area contributed by atoms with Gasteiger partial charge in [-0.2, -0.15) is 0 Å². The molecule has 5 nitrogen and oxygen atoms in total. The summed E-state index contributed by atoms with van der Waals surface area (Å²) in [5.41, 5.74) is 1.56. The minimum atomic E-state index is -0.525. The highest BCUT2D eigenvalue weighted by Gasteiger charge is 2.25. The Morgan fingerprint density at radius 3 is 2.78 bits per heavy atom. The third-order valence-corrected chi connectivity index (χ3v) is 3.92. The van der Waals surface area contributed by atoms with E-state index in [9.17, 15) is 9.90 Å². The Balaban J connectivity index is 1.97. The van der Waals surface area contributed by atoms with Crippen molar-refractivity contribution in [2.45, 2.75) is 0 Å². The molecule has 1 N–H and O–H groups in total. The molecule has 2 aromatic carbocycles. The molecule has 0 saturated heterocycles. The van der Waals surface area contributed by atoms with Crippen LogP contribution in [-0.4, -0.2) is 24.1 Å². The van der Waals surface area contributed by atoms with Gasteiger partial charge in [0.25, 0.3) is 0 Å². The van der Waals surface area contributed by atoms with Crippen LogP contribution in [0.5, 0.6) is 11.5 Å². The fraction of sp³-hybridized carbons (Fsp3) is 0.0588. The molecule has 3 rings (SSSR count). The Labute approximate surface area is 141 Å². The fourth-order valence-corrected chi connectivity index (χ4v) is 2.56. The predicted molar refractivity (Wildman–Crippen MR) is 89.4 cm³/mol. The number of cyclic esters (lactones) is 1.